The highest BCUT2D eigenvalue weighted by molar-refractivity contribution is 6.10. The van der Waals surface area contributed by atoms with Gasteiger partial charge in [-0.15, -0.1) is 0 Å². The van der Waals surface area contributed by atoms with Gasteiger partial charge in [-0.2, -0.15) is 0 Å². The fraction of sp³-hybridized carbons (Fsp3) is 0.300. The van der Waals surface area contributed by atoms with Crippen LogP contribution in [0.2, 0.25) is 0 Å². The van der Waals surface area contributed by atoms with E-state index in [9.17, 15) is 14.0 Å². The van der Waals surface area contributed by atoms with Crippen molar-refractivity contribution in [2.24, 2.45) is 0 Å². The van der Waals surface area contributed by atoms with Crippen LogP contribution >= 0.6 is 0 Å². The van der Waals surface area contributed by atoms with Crippen LogP contribution in [-0.4, -0.2) is 36.9 Å². The molecule has 0 aliphatic rings. The molecule has 6 heteroatoms. The number of amides is 2. The quantitative estimate of drug-likeness (QED) is 0.786. The topological polar surface area (TPSA) is 58.6 Å². The maximum absolute atomic E-state index is 13.4. The molecule has 0 aliphatic heterocycles. The number of hydrogen-bond donors (Lipinski definition) is 1. The highest BCUT2D eigenvalue weighted by Crippen LogP contribution is 2.27. The van der Waals surface area contributed by atoms with Crippen molar-refractivity contribution in [3.8, 4) is 5.75 Å². The average Bonchev–Trinajstić information content (AvgIpc) is 2.64. The normalized spacial score (nSPS) is 10.3. The van der Waals surface area contributed by atoms with Crippen LogP contribution < -0.4 is 10.1 Å². The van der Waals surface area contributed by atoms with Gasteiger partial charge in [0.15, 0.2) is 5.78 Å². The Bertz CT molecular complexity index is 817. The minimum Gasteiger partial charge on any atom is -0.495 e. The molecule has 0 radical (unpaired) electrons. The third kappa shape index (κ3) is 4.20. The number of rotatable bonds is 6. The van der Waals surface area contributed by atoms with Gasteiger partial charge in [-0.05, 0) is 62.7 Å². The van der Waals surface area contributed by atoms with Crippen LogP contribution in [0.4, 0.5) is 14.9 Å². The van der Waals surface area contributed by atoms with E-state index in [2.05, 4.69) is 5.32 Å². The molecular weight excluding hydrogens is 335 g/mol. The molecule has 2 aromatic rings. The van der Waals surface area contributed by atoms with Crippen LogP contribution in [0.5, 0.6) is 5.75 Å². The summed E-state index contributed by atoms with van der Waals surface area (Å²) in [4.78, 5) is 26.6. The number of urea groups is 1. The first kappa shape index (κ1) is 19.4. The zero-order valence-electron chi connectivity index (χ0n) is 15.4. The molecule has 138 valence electrons. The molecule has 0 aliphatic carbocycles. The first-order valence-corrected chi connectivity index (χ1v) is 8.46. The molecule has 26 heavy (non-hydrogen) atoms. The predicted octanol–water partition coefficient (Wildman–Crippen LogP) is 4.25. The lowest BCUT2D eigenvalue weighted by Gasteiger charge is -2.20. The second-order valence-corrected chi connectivity index (χ2v) is 5.81. The van der Waals surface area contributed by atoms with Crippen LogP contribution in [-0.2, 0) is 0 Å². The molecule has 0 unspecified atom stereocenters. The molecule has 2 amide bonds. The third-order valence-electron chi connectivity index (χ3n) is 4.17. The average molecular weight is 358 g/mol. The summed E-state index contributed by atoms with van der Waals surface area (Å²) in [7, 11) is 1.49. The van der Waals surface area contributed by atoms with E-state index in [4.69, 9.17) is 4.74 Å². The van der Waals surface area contributed by atoms with Gasteiger partial charge in [-0.3, -0.25) is 4.79 Å². The second-order valence-electron chi connectivity index (χ2n) is 5.81. The van der Waals surface area contributed by atoms with Gasteiger partial charge in [0.05, 0.1) is 12.8 Å². The summed E-state index contributed by atoms with van der Waals surface area (Å²) < 4.78 is 18.7. The Morgan fingerprint density at radius 1 is 1.08 bits per heavy atom. The van der Waals surface area contributed by atoms with Crippen molar-refractivity contribution in [3.05, 3.63) is 58.9 Å². The lowest BCUT2D eigenvalue weighted by atomic mass is 10.0. The standard InChI is InChI=1S/C20H23FN2O3/c1-5-23(6-2)20(25)22-17-12-15(8-10-18(17)26-4)19(24)14-7-9-16(21)13(3)11-14/h7-12H,5-6H2,1-4H3,(H,22,25). The Morgan fingerprint density at radius 2 is 1.69 bits per heavy atom. The van der Waals surface area contributed by atoms with Crippen molar-refractivity contribution in [1.82, 2.24) is 4.90 Å². The van der Waals surface area contributed by atoms with E-state index in [0.29, 0.717) is 41.2 Å². The Morgan fingerprint density at radius 3 is 2.27 bits per heavy atom. The van der Waals surface area contributed by atoms with Gasteiger partial charge in [0.2, 0.25) is 0 Å². The van der Waals surface area contributed by atoms with Gasteiger partial charge in [0, 0.05) is 24.2 Å². The number of nitrogens with zero attached hydrogens (tertiary/aromatic N) is 1. The lowest BCUT2D eigenvalue weighted by Crippen LogP contribution is -2.34. The van der Waals surface area contributed by atoms with Gasteiger partial charge in [0.1, 0.15) is 11.6 Å². The molecule has 1 N–H and O–H groups in total. The fourth-order valence-corrected chi connectivity index (χ4v) is 2.60. The Hall–Kier alpha value is -2.89. The van der Waals surface area contributed by atoms with Gasteiger partial charge < -0.3 is 15.0 Å². The van der Waals surface area contributed by atoms with Crippen molar-refractivity contribution in [1.29, 1.82) is 0 Å². The molecule has 0 heterocycles. The van der Waals surface area contributed by atoms with Gasteiger partial charge in [-0.25, -0.2) is 9.18 Å². The third-order valence-corrected chi connectivity index (χ3v) is 4.17. The highest BCUT2D eigenvalue weighted by atomic mass is 19.1. The SMILES string of the molecule is CCN(CC)C(=O)Nc1cc(C(=O)c2ccc(F)c(C)c2)ccc1OC. The Kier molecular flexibility index (Phi) is 6.33. The number of carbonyl (C=O) groups excluding carboxylic acids is 2. The van der Waals surface area contributed by atoms with E-state index in [1.54, 1.807) is 30.0 Å². The molecule has 2 aromatic carbocycles. The zero-order valence-corrected chi connectivity index (χ0v) is 15.4. The van der Waals surface area contributed by atoms with Gasteiger partial charge >= 0.3 is 6.03 Å². The zero-order chi connectivity index (χ0) is 19.3. The number of nitrogens with one attached hydrogen (secondary N) is 1. The molecule has 0 fully saturated rings. The molecule has 0 bridgehead atoms. The summed E-state index contributed by atoms with van der Waals surface area (Å²) in [6.07, 6.45) is 0. The fourth-order valence-electron chi connectivity index (χ4n) is 2.60. The van der Waals surface area contributed by atoms with E-state index in [0.717, 1.165) is 0 Å². The second kappa shape index (κ2) is 8.47. The summed E-state index contributed by atoms with van der Waals surface area (Å²) >= 11 is 0. The number of anilines is 1. The van der Waals surface area contributed by atoms with E-state index in [1.807, 2.05) is 13.8 Å². The van der Waals surface area contributed by atoms with E-state index in [1.165, 1.54) is 25.3 Å². The van der Waals surface area contributed by atoms with Crippen LogP contribution in [0.1, 0.15) is 35.3 Å². The van der Waals surface area contributed by atoms with Crippen molar-refractivity contribution >= 4 is 17.5 Å². The number of ether oxygens (including phenoxy) is 1. The molecule has 0 atom stereocenters. The molecule has 0 aromatic heterocycles. The van der Waals surface area contributed by atoms with Crippen molar-refractivity contribution in [2.45, 2.75) is 20.8 Å². The number of ketones is 1. The minimum absolute atomic E-state index is 0.255. The maximum atomic E-state index is 13.4. The van der Waals surface area contributed by atoms with Gasteiger partial charge in [-0.1, -0.05) is 0 Å². The summed E-state index contributed by atoms with van der Waals surface area (Å²) in [6, 6.07) is 8.78. The van der Waals surface area contributed by atoms with Crippen LogP contribution in [0.15, 0.2) is 36.4 Å². The summed E-state index contributed by atoms with van der Waals surface area (Å²) in [5.74, 6) is -0.158. The first-order valence-electron chi connectivity index (χ1n) is 8.46. The van der Waals surface area contributed by atoms with Gasteiger partial charge in [0.25, 0.3) is 0 Å². The number of aryl methyl sites for hydroxylation is 1. The van der Waals surface area contributed by atoms with Crippen molar-refractivity contribution in [3.63, 3.8) is 0 Å². The molecule has 0 spiro atoms. The first-order chi connectivity index (χ1) is 12.4. The predicted molar refractivity (Wildman–Crippen MR) is 99.5 cm³/mol. The largest absolute Gasteiger partial charge is 0.495 e. The Labute approximate surface area is 152 Å². The molecule has 5 nitrogen and oxygen atoms in total. The van der Waals surface area contributed by atoms with Crippen LogP contribution in [0.25, 0.3) is 0 Å². The smallest absolute Gasteiger partial charge is 0.321 e. The number of carbonyl (C=O) groups is 2. The number of hydrogen-bond acceptors (Lipinski definition) is 3. The minimum atomic E-state index is -0.358. The summed E-state index contributed by atoms with van der Waals surface area (Å²) in [6.45, 7) is 6.51. The summed E-state index contributed by atoms with van der Waals surface area (Å²) in [5, 5.41) is 2.78. The maximum Gasteiger partial charge on any atom is 0.321 e. The number of benzene rings is 2. The molecule has 0 saturated heterocycles. The number of methoxy groups -OCH3 is 1. The number of halogens is 1. The van der Waals surface area contributed by atoms with Crippen molar-refractivity contribution in [2.75, 3.05) is 25.5 Å². The summed E-state index contributed by atoms with van der Waals surface area (Å²) in [5.41, 5.74) is 1.58. The van der Waals surface area contributed by atoms with E-state index < -0.39 is 0 Å². The van der Waals surface area contributed by atoms with E-state index >= 15 is 0 Å². The van der Waals surface area contributed by atoms with Crippen molar-refractivity contribution < 1.29 is 18.7 Å². The monoisotopic (exact) mass is 358 g/mol. The lowest BCUT2D eigenvalue weighted by molar-refractivity contribution is 0.103. The molecular formula is C20H23FN2O3. The Balaban J connectivity index is 2.34. The van der Waals surface area contributed by atoms with Crippen LogP contribution in [0, 0.1) is 12.7 Å². The highest BCUT2D eigenvalue weighted by Gasteiger charge is 2.16. The van der Waals surface area contributed by atoms with E-state index in [-0.39, 0.29) is 17.6 Å². The molecule has 0 saturated carbocycles. The molecule has 2 rings (SSSR count). The van der Waals surface area contributed by atoms with Crippen LogP contribution in [0.3, 0.4) is 0 Å².